The number of nitrogens with one attached hydrogen (secondary N) is 1. The molecule has 1 fully saturated rings. The first-order valence-electron chi connectivity index (χ1n) is 6.67. The Balaban J connectivity index is 1.49. The van der Waals surface area contributed by atoms with E-state index >= 15 is 0 Å². The second-order valence-electron chi connectivity index (χ2n) is 5.29. The Morgan fingerprint density at radius 3 is 2.84 bits per heavy atom. The molecule has 2 aromatic rings. The van der Waals surface area contributed by atoms with Crippen LogP contribution in [0.25, 0.3) is 0 Å². The summed E-state index contributed by atoms with van der Waals surface area (Å²) in [4.78, 5) is 0. The molecule has 0 atom stereocenters. The van der Waals surface area contributed by atoms with Crippen molar-refractivity contribution in [3.05, 3.63) is 53.6 Å². The predicted octanol–water partition coefficient (Wildman–Crippen LogP) is 2.60. The summed E-state index contributed by atoms with van der Waals surface area (Å²) >= 11 is 0. The fourth-order valence-electron chi connectivity index (χ4n) is 2.67. The van der Waals surface area contributed by atoms with Crippen LogP contribution < -0.4 is 5.32 Å². The van der Waals surface area contributed by atoms with Gasteiger partial charge in [-0.05, 0) is 30.4 Å². The Labute approximate surface area is 112 Å². The molecule has 1 aromatic carbocycles. The Hall–Kier alpha value is -1.68. The molecule has 19 heavy (non-hydrogen) atoms. The normalized spacial score (nSPS) is 22.2. The van der Waals surface area contributed by atoms with Crippen molar-refractivity contribution in [2.45, 2.75) is 31.3 Å². The molecule has 1 aliphatic carbocycles. The highest BCUT2D eigenvalue weighted by molar-refractivity contribution is 5.24. The lowest BCUT2D eigenvalue weighted by Crippen LogP contribution is -2.39. The molecule has 0 unspecified atom stereocenters. The fourth-order valence-corrected chi connectivity index (χ4v) is 2.67. The number of aryl methyl sites for hydroxylation is 1. The highest BCUT2D eigenvalue weighted by Crippen LogP contribution is 2.37. The largest absolute Gasteiger partial charge is 0.310 e. The third kappa shape index (κ3) is 2.68. The van der Waals surface area contributed by atoms with E-state index in [2.05, 4.69) is 10.4 Å². The van der Waals surface area contributed by atoms with Gasteiger partial charge in [0.05, 0.1) is 6.20 Å². The summed E-state index contributed by atoms with van der Waals surface area (Å²) in [7, 11) is 1.92. The molecule has 0 bridgehead atoms. The number of benzene rings is 1. The minimum Gasteiger partial charge on any atom is -0.310 e. The van der Waals surface area contributed by atoms with Crippen molar-refractivity contribution in [2.75, 3.05) is 0 Å². The van der Waals surface area contributed by atoms with Crippen molar-refractivity contribution < 1.29 is 4.39 Å². The molecular weight excluding hydrogens is 241 g/mol. The lowest BCUT2D eigenvalue weighted by Gasteiger charge is -2.36. The maximum atomic E-state index is 13.6. The van der Waals surface area contributed by atoms with Crippen molar-refractivity contribution >= 4 is 0 Å². The zero-order chi connectivity index (χ0) is 13.2. The highest BCUT2D eigenvalue weighted by Gasteiger charge is 2.31. The van der Waals surface area contributed by atoms with E-state index in [4.69, 9.17) is 0 Å². The van der Waals surface area contributed by atoms with Crippen molar-refractivity contribution in [2.24, 2.45) is 7.05 Å². The fraction of sp³-hybridized carbons (Fsp3) is 0.400. The highest BCUT2D eigenvalue weighted by atomic mass is 19.1. The monoisotopic (exact) mass is 259 g/mol. The van der Waals surface area contributed by atoms with E-state index in [1.807, 2.05) is 31.6 Å². The van der Waals surface area contributed by atoms with Gasteiger partial charge in [-0.3, -0.25) is 4.68 Å². The maximum absolute atomic E-state index is 13.6. The Bertz CT molecular complexity index is 558. The van der Waals surface area contributed by atoms with Crippen LogP contribution in [0.4, 0.5) is 4.39 Å². The van der Waals surface area contributed by atoms with Gasteiger partial charge in [-0.2, -0.15) is 5.10 Å². The first-order valence-corrected chi connectivity index (χ1v) is 6.67. The van der Waals surface area contributed by atoms with Crippen molar-refractivity contribution in [1.29, 1.82) is 0 Å². The van der Waals surface area contributed by atoms with E-state index < -0.39 is 0 Å². The summed E-state index contributed by atoms with van der Waals surface area (Å²) in [6.07, 6.45) is 5.92. The number of rotatable bonds is 4. The summed E-state index contributed by atoms with van der Waals surface area (Å²) in [5.41, 5.74) is 2.05. The number of halogens is 1. The van der Waals surface area contributed by atoms with Crippen LogP contribution in [0.15, 0.2) is 36.7 Å². The molecule has 0 amide bonds. The summed E-state index contributed by atoms with van der Waals surface area (Å²) in [5.74, 6) is 0.297. The third-order valence-electron chi connectivity index (χ3n) is 3.84. The average Bonchev–Trinajstić information content (AvgIpc) is 2.75. The van der Waals surface area contributed by atoms with Crippen LogP contribution >= 0.6 is 0 Å². The molecule has 1 aliphatic rings. The molecule has 1 heterocycles. The molecule has 0 aliphatic heterocycles. The lowest BCUT2D eigenvalue weighted by molar-refractivity contribution is 0.284. The number of hydrogen-bond donors (Lipinski definition) is 1. The molecule has 0 saturated heterocycles. The van der Waals surface area contributed by atoms with Gasteiger partial charge in [0.25, 0.3) is 0 Å². The van der Waals surface area contributed by atoms with E-state index in [-0.39, 0.29) is 5.82 Å². The topological polar surface area (TPSA) is 29.9 Å². The van der Waals surface area contributed by atoms with E-state index in [0.717, 1.165) is 24.9 Å². The van der Waals surface area contributed by atoms with Crippen LogP contribution in [0.1, 0.15) is 29.9 Å². The summed E-state index contributed by atoms with van der Waals surface area (Å²) < 4.78 is 15.4. The standard InChI is InChI=1S/C15H18FN3/c1-19-10-11(9-18-19)8-17-13-6-12(7-13)14-4-2-3-5-15(14)16/h2-5,9-10,12-13,17H,6-8H2,1H3. The predicted molar refractivity (Wildman–Crippen MR) is 72.2 cm³/mol. The quantitative estimate of drug-likeness (QED) is 0.914. The summed E-state index contributed by atoms with van der Waals surface area (Å²) in [6.45, 7) is 0.836. The van der Waals surface area contributed by atoms with Crippen molar-refractivity contribution in [1.82, 2.24) is 15.1 Å². The average molecular weight is 259 g/mol. The molecule has 3 nitrogen and oxygen atoms in total. The van der Waals surface area contributed by atoms with E-state index in [1.54, 1.807) is 16.8 Å². The van der Waals surface area contributed by atoms with Crippen LogP contribution in [-0.2, 0) is 13.6 Å². The minimum absolute atomic E-state index is 0.0711. The van der Waals surface area contributed by atoms with E-state index in [0.29, 0.717) is 12.0 Å². The smallest absolute Gasteiger partial charge is 0.126 e. The van der Waals surface area contributed by atoms with Crippen LogP contribution in [0, 0.1) is 5.82 Å². The van der Waals surface area contributed by atoms with Gasteiger partial charge in [0, 0.05) is 31.4 Å². The first kappa shape index (κ1) is 12.4. The maximum Gasteiger partial charge on any atom is 0.126 e. The third-order valence-corrected chi connectivity index (χ3v) is 3.84. The van der Waals surface area contributed by atoms with Crippen molar-refractivity contribution in [3.8, 4) is 0 Å². The molecule has 3 rings (SSSR count). The van der Waals surface area contributed by atoms with Crippen LogP contribution in [0.5, 0.6) is 0 Å². The van der Waals surface area contributed by atoms with E-state index in [1.165, 1.54) is 5.56 Å². The minimum atomic E-state index is -0.0711. The van der Waals surface area contributed by atoms with Crippen molar-refractivity contribution in [3.63, 3.8) is 0 Å². The van der Waals surface area contributed by atoms with Crippen LogP contribution in [0.3, 0.4) is 0 Å². The number of aromatic nitrogens is 2. The van der Waals surface area contributed by atoms with Gasteiger partial charge in [0.2, 0.25) is 0 Å². The van der Waals surface area contributed by atoms with Gasteiger partial charge in [-0.15, -0.1) is 0 Å². The molecule has 0 spiro atoms. The zero-order valence-corrected chi connectivity index (χ0v) is 11.0. The number of nitrogens with zero attached hydrogens (tertiary/aromatic N) is 2. The SMILES string of the molecule is Cn1cc(CNC2CC(c3ccccc3F)C2)cn1. The molecule has 4 heteroatoms. The summed E-state index contributed by atoms with van der Waals surface area (Å²) in [6, 6.07) is 7.60. The second-order valence-corrected chi connectivity index (χ2v) is 5.29. The molecular formula is C15H18FN3. The Morgan fingerprint density at radius 2 is 2.16 bits per heavy atom. The van der Waals surface area contributed by atoms with Gasteiger partial charge in [0.1, 0.15) is 5.82 Å². The van der Waals surface area contributed by atoms with Gasteiger partial charge in [-0.1, -0.05) is 18.2 Å². The van der Waals surface area contributed by atoms with Gasteiger partial charge in [-0.25, -0.2) is 4.39 Å². The molecule has 100 valence electrons. The van der Waals surface area contributed by atoms with E-state index in [9.17, 15) is 4.39 Å². The number of hydrogen-bond acceptors (Lipinski definition) is 2. The molecule has 1 N–H and O–H groups in total. The van der Waals surface area contributed by atoms with Gasteiger partial charge in [0.15, 0.2) is 0 Å². The second kappa shape index (κ2) is 5.13. The zero-order valence-electron chi connectivity index (χ0n) is 11.0. The van der Waals surface area contributed by atoms with Crippen LogP contribution in [0.2, 0.25) is 0 Å². The summed E-state index contributed by atoms with van der Waals surface area (Å²) in [5, 5.41) is 7.63. The lowest BCUT2D eigenvalue weighted by atomic mass is 9.75. The Kier molecular flexibility index (Phi) is 3.34. The molecule has 1 saturated carbocycles. The molecule has 0 radical (unpaired) electrons. The van der Waals surface area contributed by atoms with Crippen LogP contribution in [-0.4, -0.2) is 15.8 Å². The van der Waals surface area contributed by atoms with Gasteiger partial charge >= 0.3 is 0 Å². The van der Waals surface area contributed by atoms with Gasteiger partial charge < -0.3 is 5.32 Å². The molecule has 1 aromatic heterocycles. The first-order chi connectivity index (χ1) is 9.22. The Morgan fingerprint density at radius 1 is 1.37 bits per heavy atom.